The lowest BCUT2D eigenvalue weighted by atomic mass is 9.89. The first kappa shape index (κ1) is 10.0. The summed E-state index contributed by atoms with van der Waals surface area (Å²) in [5.74, 6) is -1.57. The molecule has 1 saturated carbocycles. The average Bonchev–Trinajstić information content (AvgIpc) is 2.98. The Morgan fingerprint density at radius 1 is 1.67 bits per heavy atom. The third kappa shape index (κ3) is 1.48. The number of rotatable bonds is 3. The van der Waals surface area contributed by atoms with E-state index in [-0.39, 0.29) is 0 Å². The van der Waals surface area contributed by atoms with Crippen LogP contribution in [-0.4, -0.2) is 22.1 Å². The van der Waals surface area contributed by atoms with Gasteiger partial charge >= 0.3 is 5.97 Å². The molecule has 1 unspecified atom stereocenters. The number of aromatic nitrogens is 1. The van der Waals surface area contributed by atoms with Crippen molar-refractivity contribution < 1.29 is 14.3 Å². The summed E-state index contributed by atoms with van der Waals surface area (Å²) in [5, 5.41) is 8.85. The molecule has 0 bridgehead atoms. The summed E-state index contributed by atoms with van der Waals surface area (Å²) in [5.41, 5.74) is 5.22. The van der Waals surface area contributed by atoms with Gasteiger partial charge in [0.05, 0.1) is 6.20 Å². The largest absolute Gasteiger partial charge is 0.480 e. The summed E-state index contributed by atoms with van der Waals surface area (Å²) >= 11 is 0. The Morgan fingerprint density at radius 2 is 2.33 bits per heavy atom. The molecule has 1 aliphatic carbocycles. The molecule has 0 aliphatic heterocycles. The summed E-state index contributed by atoms with van der Waals surface area (Å²) in [6, 6.07) is 0.458. The number of nitrogens with zero attached hydrogens (tertiary/aromatic N) is 1. The minimum Gasteiger partial charge on any atom is -0.480 e. The molecule has 4 nitrogen and oxygen atoms in total. The van der Waals surface area contributed by atoms with Crippen LogP contribution in [0.25, 0.3) is 0 Å². The fourth-order valence-corrected chi connectivity index (χ4v) is 1.90. The molecule has 5 heteroatoms. The Labute approximate surface area is 85.9 Å². The van der Waals surface area contributed by atoms with E-state index < -0.39 is 23.2 Å². The first-order valence-corrected chi connectivity index (χ1v) is 4.66. The Morgan fingerprint density at radius 3 is 2.80 bits per heavy atom. The predicted molar refractivity (Wildman–Crippen MR) is 50.7 cm³/mol. The number of hydrogen-bond donors (Lipinski definition) is 2. The van der Waals surface area contributed by atoms with Gasteiger partial charge in [0, 0.05) is 11.6 Å². The van der Waals surface area contributed by atoms with E-state index in [0.717, 1.165) is 6.20 Å². The SMILES string of the molecule is NC(C(=O)O)C1(c2ccncc2F)CC1. The van der Waals surface area contributed by atoms with Crippen molar-refractivity contribution in [1.29, 1.82) is 0 Å². The molecule has 1 aromatic rings. The van der Waals surface area contributed by atoms with Crippen LogP contribution in [0.2, 0.25) is 0 Å². The molecule has 1 aromatic heterocycles. The van der Waals surface area contributed by atoms with Crippen LogP contribution in [0.3, 0.4) is 0 Å². The Bertz CT molecular complexity index is 404. The maximum atomic E-state index is 13.4. The van der Waals surface area contributed by atoms with Crippen LogP contribution >= 0.6 is 0 Å². The molecule has 1 atom stereocenters. The quantitative estimate of drug-likeness (QED) is 0.768. The molecule has 2 rings (SSSR count). The van der Waals surface area contributed by atoms with E-state index in [1.807, 2.05) is 0 Å². The van der Waals surface area contributed by atoms with Gasteiger partial charge in [0.2, 0.25) is 0 Å². The molecular formula is C10H11FN2O2. The van der Waals surface area contributed by atoms with E-state index in [2.05, 4.69) is 4.98 Å². The number of aliphatic carboxylic acids is 1. The molecule has 15 heavy (non-hydrogen) atoms. The number of carboxylic acids is 1. The van der Waals surface area contributed by atoms with E-state index in [9.17, 15) is 9.18 Å². The van der Waals surface area contributed by atoms with Crippen molar-refractivity contribution in [2.75, 3.05) is 0 Å². The van der Waals surface area contributed by atoms with Crippen molar-refractivity contribution in [2.45, 2.75) is 24.3 Å². The number of pyridine rings is 1. The van der Waals surface area contributed by atoms with Crippen molar-refractivity contribution >= 4 is 5.97 Å². The molecule has 0 amide bonds. The van der Waals surface area contributed by atoms with Gasteiger partial charge in [-0.3, -0.25) is 9.78 Å². The second-order valence-corrected chi connectivity index (χ2v) is 3.83. The van der Waals surface area contributed by atoms with Crippen LogP contribution in [0.5, 0.6) is 0 Å². The molecule has 0 spiro atoms. The highest BCUT2D eigenvalue weighted by Gasteiger charge is 2.53. The number of halogens is 1. The Balaban J connectivity index is 2.39. The highest BCUT2D eigenvalue weighted by molar-refractivity contribution is 5.77. The lowest BCUT2D eigenvalue weighted by Gasteiger charge is -2.20. The maximum Gasteiger partial charge on any atom is 0.321 e. The fraction of sp³-hybridized carbons (Fsp3) is 0.400. The van der Waals surface area contributed by atoms with Gasteiger partial charge in [0.25, 0.3) is 0 Å². The molecule has 1 aliphatic rings. The van der Waals surface area contributed by atoms with Crippen LogP contribution in [-0.2, 0) is 10.2 Å². The lowest BCUT2D eigenvalue weighted by molar-refractivity contribution is -0.139. The zero-order chi connectivity index (χ0) is 11.1. The third-order valence-electron chi connectivity index (χ3n) is 2.96. The molecular weight excluding hydrogens is 199 g/mol. The van der Waals surface area contributed by atoms with Crippen molar-refractivity contribution in [3.05, 3.63) is 29.8 Å². The van der Waals surface area contributed by atoms with Crippen molar-refractivity contribution in [3.63, 3.8) is 0 Å². The van der Waals surface area contributed by atoms with Gasteiger partial charge < -0.3 is 10.8 Å². The molecule has 0 aromatic carbocycles. The smallest absolute Gasteiger partial charge is 0.321 e. The maximum absolute atomic E-state index is 13.4. The summed E-state index contributed by atoms with van der Waals surface area (Å²) in [4.78, 5) is 14.4. The molecule has 0 saturated heterocycles. The summed E-state index contributed by atoms with van der Waals surface area (Å²) < 4.78 is 13.4. The van der Waals surface area contributed by atoms with Crippen LogP contribution in [0.1, 0.15) is 18.4 Å². The highest BCUT2D eigenvalue weighted by Crippen LogP contribution is 2.51. The van der Waals surface area contributed by atoms with E-state index in [1.165, 1.54) is 12.3 Å². The molecule has 1 fully saturated rings. The third-order valence-corrected chi connectivity index (χ3v) is 2.96. The van der Waals surface area contributed by atoms with Gasteiger partial charge in [0.1, 0.15) is 11.9 Å². The second-order valence-electron chi connectivity index (χ2n) is 3.83. The van der Waals surface area contributed by atoms with Crippen molar-refractivity contribution in [1.82, 2.24) is 4.98 Å². The molecule has 1 heterocycles. The Kier molecular flexibility index (Phi) is 2.19. The minimum absolute atomic E-state index is 0.368. The van der Waals surface area contributed by atoms with Crippen LogP contribution in [0.15, 0.2) is 18.5 Å². The van der Waals surface area contributed by atoms with E-state index >= 15 is 0 Å². The van der Waals surface area contributed by atoms with Gasteiger partial charge in [-0.05, 0) is 24.5 Å². The summed E-state index contributed by atoms with van der Waals surface area (Å²) in [6.07, 6.45) is 3.76. The molecule has 3 N–H and O–H groups in total. The molecule has 0 radical (unpaired) electrons. The van der Waals surface area contributed by atoms with Crippen LogP contribution in [0.4, 0.5) is 4.39 Å². The van der Waals surface area contributed by atoms with E-state index in [0.29, 0.717) is 18.4 Å². The Hall–Kier alpha value is -1.49. The summed E-state index contributed by atoms with van der Waals surface area (Å²) in [7, 11) is 0. The summed E-state index contributed by atoms with van der Waals surface area (Å²) in [6.45, 7) is 0. The second kappa shape index (κ2) is 3.27. The monoisotopic (exact) mass is 210 g/mol. The minimum atomic E-state index is -1.09. The van der Waals surface area contributed by atoms with Gasteiger partial charge in [0.15, 0.2) is 0 Å². The van der Waals surface area contributed by atoms with Crippen LogP contribution < -0.4 is 5.73 Å². The van der Waals surface area contributed by atoms with Gasteiger partial charge in [-0.2, -0.15) is 0 Å². The zero-order valence-corrected chi connectivity index (χ0v) is 7.98. The normalized spacial score (nSPS) is 19.6. The van der Waals surface area contributed by atoms with Gasteiger partial charge in [-0.1, -0.05) is 0 Å². The first-order valence-electron chi connectivity index (χ1n) is 4.66. The van der Waals surface area contributed by atoms with Crippen molar-refractivity contribution in [2.24, 2.45) is 5.73 Å². The van der Waals surface area contributed by atoms with Crippen molar-refractivity contribution in [3.8, 4) is 0 Å². The van der Waals surface area contributed by atoms with Gasteiger partial charge in [-0.25, -0.2) is 4.39 Å². The van der Waals surface area contributed by atoms with E-state index in [4.69, 9.17) is 10.8 Å². The number of hydrogen-bond acceptors (Lipinski definition) is 3. The van der Waals surface area contributed by atoms with Crippen LogP contribution in [0, 0.1) is 5.82 Å². The fourth-order valence-electron chi connectivity index (χ4n) is 1.90. The topological polar surface area (TPSA) is 76.2 Å². The number of nitrogens with two attached hydrogens (primary N) is 1. The lowest BCUT2D eigenvalue weighted by Crippen LogP contribution is -2.42. The standard InChI is InChI=1S/C10H11FN2O2/c11-7-5-13-4-1-6(7)10(2-3-10)8(12)9(14)15/h1,4-5,8H,2-3,12H2,(H,14,15). The van der Waals surface area contributed by atoms with E-state index in [1.54, 1.807) is 0 Å². The number of carboxylic acid groups (broad SMARTS) is 1. The zero-order valence-electron chi connectivity index (χ0n) is 7.98. The average molecular weight is 210 g/mol. The highest BCUT2D eigenvalue weighted by atomic mass is 19.1. The number of carbonyl (C=O) groups is 1. The predicted octanol–water partition coefficient (Wildman–Crippen LogP) is 0.664. The first-order chi connectivity index (χ1) is 7.08. The molecule has 80 valence electrons. The van der Waals surface area contributed by atoms with Gasteiger partial charge in [-0.15, -0.1) is 0 Å².